The Bertz CT molecular complexity index is 865. The molecular formula is C20H26N6O3. The molecular weight excluding hydrogens is 372 g/mol. The number of nitrogens with zero attached hydrogens (tertiary/aromatic N) is 5. The number of pyridine rings is 1. The number of anilines is 3. The zero-order valence-corrected chi connectivity index (χ0v) is 16.7. The van der Waals surface area contributed by atoms with Crippen molar-refractivity contribution in [3.05, 3.63) is 30.2 Å². The van der Waals surface area contributed by atoms with Crippen LogP contribution in [0.4, 0.5) is 22.1 Å². The van der Waals surface area contributed by atoms with Crippen molar-refractivity contribution in [2.24, 2.45) is 0 Å². The van der Waals surface area contributed by atoms with Gasteiger partial charge in [-0.15, -0.1) is 0 Å². The van der Waals surface area contributed by atoms with E-state index in [9.17, 15) is 4.79 Å². The highest BCUT2D eigenvalue weighted by Gasteiger charge is 2.30. The molecule has 4 rings (SSSR count). The highest BCUT2D eigenvalue weighted by Crippen LogP contribution is 2.36. The Kier molecular flexibility index (Phi) is 5.37. The van der Waals surface area contributed by atoms with Crippen molar-refractivity contribution in [2.45, 2.75) is 45.3 Å². The molecule has 0 unspecified atom stereocenters. The number of hydrogen-bond donors (Lipinski definition) is 1. The molecule has 0 spiro atoms. The number of rotatable bonds is 4. The second kappa shape index (κ2) is 8.10. The molecule has 0 bridgehead atoms. The fraction of sp³-hybridized carbons (Fsp3) is 0.500. The lowest BCUT2D eigenvalue weighted by Crippen LogP contribution is -2.42. The standard InChI is InChI=1S/C20H26N6O3/c1-13(2)28-20(27)25-8-5-15(6-9-25)29-19-16-7-10-26(18(16)23-12-24-19)17-4-3-14(21)11-22-17/h3-4,11-13,15H,5-10,21H2,1-2H3. The van der Waals surface area contributed by atoms with Gasteiger partial charge in [0.1, 0.15) is 24.1 Å². The normalized spacial score (nSPS) is 16.8. The molecule has 2 aromatic heterocycles. The lowest BCUT2D eigenvalue weighted by atomic mass is 10.1. The molecule has 1 fully saturated rings. The van der Waals surface area contributed by atoms with Gasteiger partial charge in [-0.3, -0.25) is 0 Å². The maximum Gasteiger partial charge on any atom is 0.410 e. The van der Waals surface area contributed by atoms with Crippen LogP contribution in [0.25, 0.3) is 0 Å². The van der Waals surface area contributed by atoms with Crippen LogP contribution in [0.1, 0.15) is 32.3 Å². The Labute approximate surface area is 169 Å². The lowest BCUT2D eigenvalue weighted by Gasteiger charge is -2.32. The average molecular weight is 398 g/mol. The summed E-state index contributed by atoms with van der Waals surface area (Å²) in [6.45, 7) is 5.70. The van der Waals surface area contributed by atoms with Crippen LogP contribution in [-0.4, -0.2) is 57.8 Å². The molecule has 0 aromatic carbocycles. The molecule has 2 N–H and O–H groups in total. The third-order valence-electron chi connectivity index (χ3n) is 5.09. The van der Waals surface area contributed by atoms with Crippen LogP contribution in [-0.2, 0) is 11.2 Å². The highest BCUT2D eigenvalue weighted by molar-refractivity contribution is 5.68. The fourth-order valence-electron chi connectivity index (χ4n) is 3.64. The van der Waals surface area contributed by atoms with E-state index in [2.05, 4.69) is 15.0 Å². The summed E-state index contributed by atoms with van der Waals surface area (Å²) in [6, 6.07) is 3.72. The van der Waals surface area contributed by atoms with Gasteiger partial charge in [-0.2, -0.15) is 0 Å². The summed E-state index contributed by atoms with van der Waals surface area (Å²) in [5.41, 5.74) is 7.36. The molecule has 29 heavy (non-hydrogen) atoms. The number of aromatic nitrogens is 3. The summed E-state index contributed by atoms with van der Waals surface area (Å²) in [7, 11) is 0. The van der Waals surface area contributed by atoms with Crippen molar-refractivity contribution >= 4 is 23.4 Å². The molecule has 0 saturated carbocycles. The van der Waals surface area contributed by atoms with Crippen LogP contribution >= 0.6 is 0 Å². The largest absolute Gasteiger partial charge is 0.474 e. The number of amides is 1. The summed E-state index contributed by atoms with van der Waals surface area (Å²) in [4.78, 5) is 29.1. The van der Waals surface area contributed by atoms with Crippen molar-refractivity contribution < 1.29 is 14.3 Å². The summed E-state index contributed by atoms with van der Waals surface area (Å²) < 4.78 is 11.5. The summed E-state index contributed by atoms with van der Waals surface area (Å²) in [5, 5.41) is 0. The molecule has 9 heteroatoms. The minimum atomic E-state index is -0.256. The molecule has 0 radical (unpaired) electrons. The maximum absolute atomic E-state index is 12.0. The van der Waals surface area contributed by atoms with Crippen LogP contribution in [0.3, 0.4) is 0 Å². The number of likely N-dealkylation sites (tertiary alicyclic amines) is 1. The number of carbonyl (C=O) groups excluding carboxylic acids is 1. The molecule has 4 heterocycles. The summed E-state index contributed by atoms with van der Waals surface area (Å²) >= 11 is 0. The topological polar surface area (TPSA) is 107 Å². The molecule has 1 amide bonds. The first-order valence-electron chi connectivity index (χ1n) is 9.96. The van der Waals surface area contributed by atoms with Crippen LogP contribution in [0, 0.1) is 0 Å². The van der Waals surface area contributed by atoms with Gasteiger partial charge in [0.05, 0.1) is 23.6 Å². The minimum absolute atomic E-state index is 0.0146. The van der Waals surface area contributed by atoms with Gasteiger partial charge in [0.25, 0.3) is 0 Å². The average Bonchev–Trinajstić information content (AvgIpc) is 3.14. The molecule has 0 aliphatic carbocycles. The van der Waals surface area contributed by atoms with Crippen LogP contribution in [0.15, 0.2) is 24.7 Å². The Morgan fingerprint density at radius 1 is 1.17 bits per heavy atom. The van der Waals surface area contributed by atoms with Gasteiger partial charge < -0.3 is 25.0 Å². The third-order valence-corrected chi connectivity index (χ3v) is 5.09. The molecule has 2 aliphatic heterocycles. The van der Waals surface area contributed by atoms with E-state index in [1.54, 1.807) is 11.1 Å². The molecule has 154 valence electrons. The number of piperidine rings is 1. The van der Waals surface area contributed by atoms with E-state index in [0.717, 1.165) is 43.0 Å². The van der Waals surface area contributed by atoms with E-state index in [-0.39, 0.29) is 18.3 Å². The number of fused-ring (bicyclic) bond motifs is 1. The van der Waals surface area contributed by atoms with Gasteiger partial charge in [-0.05, 0) is 32.4 Å². The number of ether oxygens (including phenoxy) is 2. The smallest absolute Gasteiger partial charge is 0.410 e. The number of nitrogen functional groups attached to an aromatic ring is 1. The first kappa shape index (κ1) is 19.2. The first-order valence-corrected chi connectivity index (χ1v) is 9.96. The molecule has 1 saturated heterocycles. The second-order valence-corrected chi connectivity index (χ2v) is 7.57. The maximum atomic E-state index is 12.0. The van der Waals surface area contributed by atoms with E-state index in [4.69, 9.17) is 15.2 Å². The van der Waals surface area contributed by atoms with E-state index in [1.807, 2.05) is 30.9 Å². The van der Waals surface area contributed by atoms with E-state index < -0.39 is 0 Å². The predicted molar refractivity (Wildman–Crippen MR) is 108 cm³/mol. The second-order valence-electron chi connectivity index (χ2n) is 7.57. The zero-order valence-electron chi connectivity index (χ0n) is 16.7. The predicted octanol–water partition coefficient (Wildman–Crippen LogP) is 2.54. The fourth-order valence-corrected chi connectivity index (χ4v) is 3.64. The van der Waals surface area contributed by atoms with Crippen molar-refractivity contribution in [3.63, 3.8) is 0 Å². The SMILES string of the molecule is CC(C)OC(=O)N1CCC(Oc2ncnc3c2CCN3c2ccc(N)cn2)CC1. The Balaban J connectivity index is 1.41. The van der Waals surface area contributed by atoms with Crippen LogP contribution < -0.4 is 15.4 Å². The van der Waals surface area contributed by atoms with Crippen LogP contribution in [0.5, 0.6) is 5.88 Å². The third kappa shape index (κ3) is 4.18. The number of hydrogen-bond acceptors (Lipinski definition) is 8. The van der Waals surface area contributed by atoms with Gasteiger partial charge in [-0.25, -0.2) is 19.7 Å². The molecule has 0 atom stereocenters. The minimum Gasteiger partial charge on any atom is -0.474 e. The number of carbonyl (C=O) groups is 1. The van der Waals surface area contributed by atoms with E-state index in [1.165, 1.54) is 6.33 Å². The molecule has 2 aliphatic rings. The summed E-state index contributed by atoms with van der Waals surface area (Å²) in [6.07, 6.45) is 5.09. The van der Waals surface area contributed by atoms with Crippen molar-refractivity contribution in [3.8, 4) is 5.88 Å². The van der Waals surface area contributed by atoms with Crippen molar-refractivity contribution in [1.29, 1.82) is 0 Å². The number of nitrogens with two attached hydrogens (primary N) is 1. The first-order chi connectivity index (χ1) is 14.0. The Morgan fingerprint density at radius 2 is 1.97 bits per heavy atom. The molecule has 9 nitrogen and oxygen atoms in total. The van der Waals surface area contributed by atoms with Gasteiger partial charge in [0.2, 0.25) is 5.88 Å². The summed E-state index contributed by atoms with van der Waals surface area (Å²) in [5.74, 6) is 2.25. The van der Waals surface area contributed by atoms with Gasteiger partial charge >= 0.3 is 6.09 Å². The van der Waals surface area contributed by atoms with E-state index >= 15 is 0 Å². The highest BCUT2D eigenvalue weighted by atomic mass is 16.6. The van der Waals surface area contributed by atoms with Crippen LogP contribution in [0.2, 0.25) is 0 Å². The lowest BCUT2D eigenvalue weighted by molar-refractivity contribution is 0.0505. The zero-order chi connectivity index (χ0) is 20.4. The van der Waals surface area contributed by atoms with Gasteiger partial charge in [0.15, 0.2) is 0 Å². The van der Waals surface area contributed by atoms with Gasteiger partial charge in [0, 0.05) is 32.5 Å². The Morgan fingerprint density at radius 3 is 2.66 bits per heavy atom. The quantitative estimate of drug-likeness (QED) is 0.837. The van der Waals surface area contributed by atoms with Crippen molar-refractivity contribution in [1.82, 2.24) is 19.9 Å². The van der Waals surface area contributed by atoms with Gasteiger partial charge in [-0.1, -0.05) is 0 Å². The molecule has 2 aromatic rings. The van der Waals surface area contributed by atoms with E-state index in [0.29, 0.717) is 24.7 Å². The van der Waals surface area contributed by atoms with Crippen molar-refractivity contribution in [2.75, 3.05) is 30.3 Å². The monoisotopic (exact) mass is 398 g/mol. The Hall–Kier alpha value is -3.10.